The van der Waals surface area contributed by atoms with Gasteiger partial charge in [0, 0.05) is 70.5 Å². The highest BCUT2D eigenvalue weighted by molar-refractivity contribution is 6.03. The van der Waals surface area contributed by atoms with Crippen molar-refractivity contribution in [1.29, 1.82) is 0 Å². The first-order valence-corrected chi connectivity index (χ1v) is 17.1. The highest BCUT2D eigenvalue weighted by Crippen LogP contribution is 2.35. The summed E-state index contributed by atoms with van der Waals surface area (Å²) in [5, 5.41) is 5.54. The van der Waals surface area contributed by atoms with E-state index >= 15 is 0 Å². The Hall–Kier alpha value is -6.38. The number of aliphatic imine (C=N–C) groups is 1. The Kier molecular flexibility index (Phi) is 10.6. The molecule has 0 saturated carbocycles. The van der Waals surface area contributed by atoms with Crippen LogP contribution >= 0.6 is 0 Å². The van der Waals surface area contributed by atoms with Gasteiger partial charge in [0.05, 0.1) is 31.1 Å². The molecule has 0 radical (unpaired) electrons. The van der Waals surface area contributed by atoms with Crippen LogP contribution in [0.3, 0.4) is 0 Å². The van der Waals surface area contributed by atoms with Gasteiger partial charge in [0.25, 0.3) is 11.8 Å². The van der Waals surface area contributed by atoms with E-state index in [1.54, 1.807) is 66.3 Å². The van der Waals surface area contributed by atoms with Crippen LogP contribution < -0.4 is 25.8 Å². The zero-order valence-electron chi connectivity index (χ0n) is 30.2. The van der Waals surface area contributed by atoms with Crippen molar-refractivity contribution in [2.75, 3.05) is 36.6 Å². The maximum atomic E-state index is 13.3. The molecule has 2 aromatic carbocycles. The molecule has 0 aliphatic carbocycles. The van der Waals surface area contributed by atoms with Crippen molar-refractivity contribution in [3.05, 3.63) is 89.2 Å². The van der Waals surface area contributed by atoms with Crippen LogP contribution in [0.5, 0.6) is 11.5 Å². The number of nitrogen functional groups attached to an aromatic ring is 1. The summed E-state index contributed by atoms with van der Waals surface area (Å²) >= 11 is 0. The average Bonchev–Trinajstić information content (AvgIpc) is 3.90. The van der Waals surface area contributed by atoms with Crippen molar-refractivity contribution in [3.8, 4) is 11.5 Å². The largest absolute Gasteiger partial charge is 0.493 e. The second kappa shape index (κ2) is 15.5. The molecule has 2 aliphatic rings. The molecule has 1 atom stereocenters. The van der Waals surface area contributed by atoms with Gasteiger partial charge in [0.1, 0.15) is 5.69 Å². The number of ether oxygens (including phenoxy) is 2. The third kappa shape index (κ3) is 8.24. The van der Waals surface area contributed by atoms with Crippen molar-refractivity contribution in [3.63, 3.8) is 0 Å². The molecule has 15 nitrogen and oxygen atoms in total. The van der Waals surface area contributed by atoms with Gasteiger partial charge in [0.15, 0.2) is 17.3 Å². The molecule has 0 spiro atoms. The molecular weight excluding hydrogens is 678 g/mol. The van der Waals surface area contributed by atoms with Crippen LogP contribution in [0.2, 0.25) is 0 Å². The summed E-state index contributed by atoms with van der Waals surface area (Å²) in [6.45, 7) is 7.58. The van der Waals surface area contributed by atoms with E-state index in [0.717, 1.165) is 28.7 Å². The van der Waals surface area contributed by atoms with Gasteiger partial charge in [-0.2, -0.15) is 0 Å². The predicted octanol–water partition coefficient (Wildman–Crippen LogP) is 4.35. The predicted molar refractivity (Wildman–Crippen MR) is 201 cm³/mol. The van der Waals surface area contributed by atoms with Gasteiger partial charge in [-0.3, -0.25) is 24.2 Å². The molecule has 4 heterocycles. The lowest BCUT2D eigenvalue weighted by Crippen LogP contribution is -2.28. The van der Waals surface area contributed by atoms with E-state index in [1.165, 1.54) is 4.57 Å². The van der Waals surface area contributed by atoms with E-state index < -0.39 is 5.91 Å². The molecule has 4 aromatic rings. The fourth-order valence-electron chi connectivity index (χ4n) is 6.45. The Morgan fingerprint density at radius 2 is 1.83 bits per heavy atom. The van der Waals surface area contributed by atoms with E-state index in [4.69, 9.17) is 15.2 Å². The lowest BCUT2D eigenvalue weighted by Gasteiger charge is -2.15. The van der Waals surface area contributed by atoms with Gasteiger partial charge in [-0.15, -0.1) is 0 Å². The molecule has 53 heavy (non-hydrogen) atoms. The number of likely N-dealkylation sites (tertiary alicyclic amines) is 1. The number of amides is 4. The summed E-state index contributed by atoms with van der Waals surface area (Å²) in [7, 11) is 4.95. The first kappa shape index (κ1) is 36.4. The smallest absolute Gasteiger partial charge is 0.291 e. The molecular formula is C38H43N9O6. The van der Waals surface area contributed by atoms with Crippen LogP contribution in [0.25, 0.3) is 0 Å². The number of benzene rings is 2. The first-order valence-electron chi connectivity index (χ1n) is 17.1. The number of rotatable bonds is 13. The van der Waals surface area contributed by atoms with Crippen molar-refractivity contribution < 1.29 is 28.7 Å². The number of hydrogen-bond donors (Lipinski definition) is 3. The second-order valence-corrected chi connectivity index (χ2v) is 13.3. The first-order chi connectivity index (χ1) is 25.4. The van der Waals surface area contributed by atoms with E-state index in [0.29, 0.717) is 66.7 Å². The fourth-order valence-corrected chi connectivity index (χ4v) is 6.45. The summed E-state index contributed by atoms with van der Waals surface area (Å²) in [6, 6.07) is 10.7. The molecule has 2 aromatic heterocycles. The zero-order valence-corrected chi connectivity index (χ0v) is 30.2. The third-order valence-electron chi connectivity index (χ3n) is 9.21. The van der Waals surface area contributed by atoms with Crippen LogP contribution in [0, 0.1) is 6.92 Å². The fraction of sp³-hybridized carbons (Fsp3) is 0.316. The van der Waals surface area contributed by atoms with Gasteiger partial charge >= 0.3 is 0 Å². The van der Waals surface area contributed by atoms with Crippen molar-refractivity contribution in [2.24, 2.45) is 19.1 Å². The number of imidazole rings is 1. The number of carbonyl (C=O) groups is 4. The molecule has 2 aliphatic heterocycles. The number of aryl methyl sites for hydroxylation is 3. The summed E-state index contributed by atoms with van der Waals surface area (Å²) in [5.41, 5.74) is 12.0. The third-order valence-corrected chi connectivity index (χ3v) is 9.21. The normalized spacial score (nSPS) is 15.2. The highest BCUT2D eigenvalue weighted by Gasteiger charge is 2.27. The zero-order chi connectivity index (χ0) is 37.8. The molecule has 1 fully saturated rings. The molecule has 4 N–H and O–H groups in total. The SMILES string of the molecule is C=C1CC(/C=N\c2cc(OCCCC(=O)Nc3cn(C)c(C(=O)Nc4cc(C(=O)N5Cc6ccc(N)cc6C5)n(C)c4)n3)c(OC)cc2C)N(C=O)C1. The van der Waals surface area contributed by atoms with Gasteiger partial charge in [0.2, 0.25) is 18.1 Å². The minimum absolute atomic E-state index is 0.0783. The molecule has 4 amide bonds. The summed E-state index contributed by atoms with van der Waals surface area (Å²) in [6.07, 6.45) is 6.97. The molecule has 15 heteroatoms. The maximum Gasteiger partial charge on any atom is 0.291 e. The van der Waals surface area contributed by atoms with Crippen molar-refractivity contribution in [1.82, 2.24) is 23.9 Å². The van der Waals surface area contributed by atoms with Crippen molar-refractivity contribution >= 4 is 53.2 Å². The topological polar surface area (TPSA) is 178 Å². The maximum absolute atomic E-state index is 13.3. The minimum Gasteiger partial charge on any atom is -0.493 e. The number of hydrogen-bond acceptors (Lipinski definition) is 9. The average molecular weight is 722 g/mol. The molecule has 1 saturated heterocycles. The molecule has 276 valence electrons. The standard InChI is InChI=1S/C38H43N9O6/c1-23-11-29(47(17-23)22-48)16-40-30-15-33(32(52-5)12-24(30)2)53-10-6-7-35(49)42-34-21-45(4)36(43-34)37(50)41-28-14-31(44(3)20-28)38(51)46-18-25-8-9-27(39)13-26(25)19-46/h8-9,12-16,20-22,29H,1,6-7,10-11,17-19,39H2,2-5H3,(H,41,50)(H,42,49)/b40-16-. The van der Waals surface area contributed by atoms with Crippen LogP contribution in [-0.4, -0.2) is 80.6 Å². The summed E-state index contributed by atoms with van der Waals surface area (Å²) in [4.78, 5) is 63.0. The Morgan fingerprint density at radius 1 is 1.04 bits per heavy atom. The number of anilines is 3. The Labute approximate surface area is 307 Å². The van der Waals surface area contributed by atoms with E-state index in [2.05, 4.69) is 27.2 Å². The quantitative estimate of drug-likeness (QED) is 0.0600. The van der Waals surface area contributed by atoms with Gasteiger partial charge in [-0.25, -0.2) is 4.98 Å². The second-order valence-electron chi connectivity index (χ2n) is 13.3. The summed E-state index contributed by atoms with van der Waals surface area (Å²) in [5.74, 6) is 0.364. The lowest BCUT2D eigenvalue weighted by molar-refractivity contribution is -0.118. The van der Waals surface area contributed by atoms with E-state index in [9.17, 15) is 19.2 Å². The monoisotopic (exact) mass is 721 g/mol. The van der Waals surface area contributed by atoms with Crippen LogP contribution in [-0.2, 0) is 36.8 Å². The number of nitrogens with one attached hydrogen (secondary N) is 2. The Bertz CT molecular complexity index is 2120. The van der Waals surface area contributed by atoms with E-state index in [-0.39, 0.29) is 42.5 Å². The number of methoxy groups -OCH3 is 1. The number of nitrogens with two attached hydrogens (primary N) is 1. The Morgan fingerprint density at radius 3 is 2.60 bits per heavy atom. The summed E-state index contributed by atoms with van der Waals surface area (Å²) < 4.78 is 14.7. The van der Waals surface area contributed by atoms with E-state index in [1.807, 2.05) is 31.2 Å². The van der Waals surface area contributed by atoms with Gasteiger partial charge in [-0.05, 0) is 60.7 Å². The lowest BCUT2D eigenvalue weighted by atomic mass is 10.1. The molecule has 0 bridgehead atoms. The van der Waals surface area contributed by atoms with Crippen LogP contribution in [0.1, 0.15) is 57.1 Å². The molecule has 6 rings (SSSR count). The van der Waals surface area contributed by atoms with Gasteiger partial charge < -0.3 is 44.8 Å². The van der Waals surface area contributed by atoms with Crippen LogP contribution in [0.4, 0.5) is 22.9 Å². The molecule has 1 unspecified atom stereocenters. The minimum atomic E-state index is -0.499. The van der Waals surface area contributed by atoms with Crippen molar-refractivity contribution in [2.45, 2.75) is 45.3 Å². The van der Waals surface area contributed by atoms with Crippen LogP contribution in [0.15, 0.2) is 65.9 Å². The Balaban J connectivity index is 0.995. The number of nitrogens with zero attached hydrogens (tertiary/aromatic N) is 6. The number of aromatic nitrogens is 3. The number of carbonyl (C=O) groups excluding carboxylic acids is 4. The number of fused-ring (bicyclic) bond motifs is 1. The highest BCUT2D eigenvalue weighted by atomic mass is 16.5. The van der Waals surface area contributed by atoms with Gasteiger partial charge in [-0.1, -0.05) is 18.2 Å².